The smallest absolute Gasteiger partial charge is 0.141 e. The van der Waals surface area contributed by atoms with Crippen LogP contribution in [0.4, 0.5) is 5.82 Å². The van der Waals surface area contributed by atoms with E-state index in [1.807, 2.05) is 11.3 Å². The van der Waals surface area contributed by atoms with Gasteiger partial charge >= 0.3 is 0 Å². The fraction of sp³-hybridized carbons (Fsp3) is 0.429. The fourth-order valence-corrected chi connectivity index (χ4v) is 5.63. The molecule has 0 radical (unpaired) electrons. The lowest BCUT2D eigenvalue weighted by atomic mass is 9.97. The standard InChI is InChI=1S/C21H24N4S/c1-2-6-16(7-3-1)14-24-10-12-25(13-11-24)20-19-17-8-4-5-9-18(17)26-21(19)23-15-22-20/h1-3,6-7,15H,4-5,8-14H2/p+1. The highest BCUT2D eigenvalue weighted by molar-refractivity contribution is 7.19. The van der Waals surface area contributed by atoms with Crippen LogP contribution >= 0.6 is 11.3 Å². The number of thiophene rings is 1. The number of piperazine rings is 1. The molecule has 0 bridgehead atoms. The van der Waals surface area contributed by atoms with Crippen molar-refractivity contribution in [1.82, 2.24) is 9.97 Å². The SMILES string of the molecule is c1ccc(C[NH+]2CCN(c3ncnc4sc5c(c34)CCCC5)CC2)cc1. The summed E-state index contributed by atoms with van der Waals surface area (Å²) in [6.45, 7) is 5.64. The number of rotatable bonds is 3. The van der Waals surface area contributed by atoms with Gasteiger partial charge in [0.1, 0.15) is 23.5 Å². The van der Waals surface area contributed by atoms with Crippen LogP contribution in [0.1, 0.15) is 28.8 Å². The number of benzene rings is 1. The summed E-state index contributed by atoms with van der Waals surface area (Å²) in [6, 6.07) is 10.9. The Hall–Kier alpha value is -1.98. The van der Waals surface area contributed by atoms with Gasteiger partial charge in [0.15, 0.2) is 0 Å². The van der Waals surface area contributed by atoms with E-state index in [4.69, 9.17) is 4.98 Å². The number of quaternary nitrogens is 1. The number of hydrogen-bond donors (Lipinski definition) is 1. The molecule has 3 heterocycles. The Bertz CT molecular complexity index is 897. The van der Waals surface area contributed by atoms with Crippen LogP contribution < -0.4 is 9.80 Å². The number of aromatic nitrogens is 2. The predicted octanol–water partition coefficient (Wildman–Crippen LogP) is 2.48. The van der Waals surface area contributed by atoms with Crippen molar-refractivity contribution in [3.63, 3.8) is 0 Å². The Morgan fingerprint density at radius 1 is 1.00 bits per heavy atom. The summed E-state index contributed by atoms with van der Waals surface area (Å²) in [5.41, 5.74) is 2.98. The van der Waals surface area contributed by atoms with E-state index in [2.05, 4.69) is 40.2 Å². The molecule has 5 heteroatoms. The molecule has 134 valence electrons. The van der Waals surface area contributed by atoms with Crippen LogP contribution in [-0.2, 0) is 19.4 Å². The average Bonchev–Trinajstić information content (AvgIpc) is 3.08. The minimum Gasteiger partial charge on any atom is -0.345 e. The molecule has 1 aromatic carbocycles. The zero-order valence-electron chi connectivity index (χ0n) is 15.1. The van der Waals surface area contributed by atoms with Gasteiger partial charge in [0.25, 0.3) is 0 Å². The molecule has 1 saturated heterocycles. The van der Waals surface area contributed by atoms with Gasteiger partial charge in [0.2, 0.25) is 0 Å². The third-order valence-electron chi connectivity index (χ3n) is 5.80. The quantitative estimate of drug-likeness (QED) is 0.774. The minimum absolute atomic E-state index is 1.08. The number of hydrogen-bond acceptors (Lipinski definition) is 4. The van der Waals surface area contributed by atoms with Gasteiger partial charge in [0.05, 0.1) is 31.6 Å². The molecule has 3 aromatic rings. The molecule has 2 aromatic heterocycles. The van der Waals surface area contributed by atoms with Gasteiger partial charge in [-0.05, 0) is 31.2 Å². The van der Waals surface area contributed by atoms with Crippen LogP contribution in [0.15, 0.2) is 36.7 Å². The van der Waals surface area contributed by atoms with Crippen molar-refractivity contribution in [2.75, 3.05) is 31.1 Å². The molecule has 0 spiro atoms. The van der Waals surface area contributed by atoms with E-state index in [9.17, 15) is 0 Å². The number of nitrogens with zero attached hydrogens (tertiary/aromatic N) is 3. The summed E-state index contributed by atoms with van der Waals surface area (Å²) >= 11 is 1.90. The van der Waals surface area contributed by atoms with E-state index >= 15 is 0 Å². The molecule has 5 rings (SSSR count). The first-order valence-corrected chi connectivity index (χ1v) is 10.6. The van der Waals surface area contributed by atoms with Crippen molar-refractivity contribution in [2.24, 2.45) is 0 Å². The number of fused-ring (bicyclic) bond motifs is 3. The first-order valence-electron chi connectivity index (χ1n) is 9.76. The second kappa shape index (κ2) is 6.97. The van der Waals surface area contributed by atoms with Crippen molar-refractivity contribution < 1.29 is 4.90 Å². The topological polar surface area (TPSA) is 33.5 Å². The average molecular weight is 366 g/mol. The molecule has 0 amide bonds. The molecule has 26 heavy (non-hydrogen) atoms. The van der Waals surface area contributed by atoms with E-state index in [0.29, 0.717) is 0 Å². The summed E-state index contributed by atoms with van der Waals surface area (Å²) in [5.74, 6) is 1.19. The largest absolute Gasteiger partial charge is 0.345 e. The third-order valence-corrected chi connectivity index (χ3v) is 7.00. The molecule has 1 aliphatic heterocycles. The molecule has 0 saturated carbocycles. The fourth-order valence-electron chi connectivity index (χ4n) is 4.41. The first-order chi connectivity index (χ1) is 12.9. The number of nitrogens with one attached hydrogen (secondary N) is 1. The normalized spacial score (nSPS) is 18.2. The maximum Gasteiger partial charge on any atom is 0.141 e. The van der Waals surface area contributed by atoms with Gasteiger partial charge in [-0.25, -0.2) is 9.97 Å². The van der Waals surface area contributed by atoms with Gasteiger partial charge in [-0.1, -0.05) is 30.3 Å². The van der Waals surface area contributed by atoms with Crippen LogP contribution in [0.25, 0.3) is 10.2 Å². The van der Waals surface area contributed by atoms with Crippen LogP contribution in [0.5, 0.6) is 0 Å². The van der Waals surface area contributed by atoms with Gasteiger partial charge in [-0.3, -0.25) is 0 Å². The lowest BCUT2D eigenvalue weighted by molar-refractivity contribution is -0.914. The van der Waals surface area contributed by atoms with E-state index in [1.165, 1.54) is 60.4 Å². The van der Waals surface area contributed by atoms with Crippen molar-refractivity contribution in [3.8, 4) is 0 Å². The van der Waals surface area contributed by atoms with Gasteiger partial charge in [0, 0.05) is 10.4 Å². The number of anilines is 1. The lowest BCUT2D eigenvalue weighted by Crippen LogP contribution is -3.13. The van der Waals surface area contributed by atoms with E-state index in [-0.39, 0.29) is 0 Å². The molecule has 1 fully saturated rings. The second-order valence-electron chi connectivity index (χ2n) is 7.49. The Labute approximate surface area is 158 Å². The van der Waals surface area contributed by atoms with Crippen molar-refractivity contribution in [1.29, 1.82) is 0 Å². The highest BCUT2D eigenvalue weighted by Gasteiger charge is 2.26. The lowest BCUT2D eigenvalue weighted by Gasteiger charge is -2.33. The Kier molecular flexibility index (Phi) is 4.35. The number of aryl methyl sites for hydroxylation is 2. The molecular formula is C21H25N4S+. The van der Waals surface area contributed by atoms with Gasteiger partial charge in [-0.15, -0.1) is 11.3 Å². The highest BCUT2D eigenvalue weighted by atomic mass is 32.1. The summed E-state index contributed by atoms with van der Waals surface area (Å²) in [7, 11) is 0. The first kappa shape index (κ1) is 16.2. The molecule has 4 nitrogen and oxygen atoms in total. The van der Waals surface area contributed by atoms with E-state index in [0.717, 1.165) is 19.6 Å². The maximum absolute atomic E-state index is 4.73. The minimum atomic E-state index is 1.08. The zero-order chi connectivity index (χ0) is 17.3. The van der Waals surface area contributed by atoms with Gasteiger partial charge < -0.3 is 9.80 Å². The molecular weight excluding hydrogens is 340 g/mol. The molecule has 2 aliphatic rings. The van der Waals surface area contributed by atoms with Crippen molar-refractivity contribution in [3.05, 3.63) is 52.7 Å². The monoisotopic (exact) mass is 365 g/mol. The summed E-state index contributed by atoms with van der Waals surface area (Å²) in [6.07, 6.45) is 6.83. The van der Waals surface area contributed by atoms with Gasteiger partial charge in [-0.2, -0.15) is 0 Å². The van der Waals surface area contributed by atoms with Crippen LogP contribution in [0.2, 0.25) is 0 Å². The van der Waals surface area contributed by atoms with Crippen LogP contribution in [-0.4, -0.2) is 36.1 Å². The Morgan fingerprint density at radius 2 is 1.81 bits per heavy atom. The van der Waals surface area contributed by atoms with E-state index < -0.39 is 0 Å². The third kappa shape index (κ3) is 2.99. The summed E-state index contributed by atoms with van der Waals surface area (Å²) < 4.78 is 0. The molecule has 1 aliphatic carbocycles. The van der Waals surface area contributed by atoms with Crippen LogP contribution in [0.3, 0.4) is 0 Å². The van der Waals surface area contributed by atoms with Crippen LogP contribution in [0, 0.1) is 0 Å². The summed E-state index contributed by atoms with van der Waals surface area (Å²) in [4.78, 5) is 16.2. The zero-order valence-corrected chi connectivity index (χ0v) is 15.9. The van der Waals surface area contributed by atoms with Crippen molar-refractivity contribution in [2.45, 2.75) is 32.2 Å². The Balaban J connectivity index is 1.36. The Morgan fingerprint density at radius 3 is 2.65 bits per heavy atom. The summed E-state index contributed by atoms with van der Waals surface area (Å²) in [5, 5.41) is 1.36. The molecule has 0 unspecified atom stereocenters. The van der Waals surface area contributed by atoms with E-state index in [1.54, 1.807) is 21.7 Å². The second-order valence-corrected chi connectivity index (χ2v) is 8.57. The highest BCUT2D eigenvalue weighted by Crippen LogP contribution is 2.39. The molecule has 1 N–H and O–H groups in total. The molecule has 0 atom stereocenters. The maximum atomic E-state index is 4.73. The predicted molar refractivity (Wildman–Crippen MR) is 107 cm³/mol. The van der Waals surface area contributed by atoms with Crippen molar-refractivity contribution >= 4 is 27.4 Å².